The fourth-order valence-corrected chi connectivity index (χ4v) is 2.07. The average molecular weight is 251 g/mol. The normalized spacial score (nSPS) is 15.5. The standard InChI is InChI=1S/C17H17NO/c1-3-14-7-5-9-16(12-14)17(18-19)15-8-4-6-13(2)10-11-15/h4-5,7-12,17H,3H2,1-2H3. The quantitative estimate of drug-likeness (QED) is 0.565. The number of aryl methyl sites for hydroxylation is 1. The molecule has 2 nitrogen and oxygen atoms in total. The van der Waals surface area contributed by atoms with E-state index < -0.39 is 6.04 Å². The van der Waals surface area contributed by atoms with Gasteiger partial charge in [-0.3, -0.25) is 0 Å². The molecule has 0 aliphatic heterocycles. The molecule has 1 aromatic carbocycles. The monoisotopic (exact) mass is 251 g/mol. The van der Waals surface area contributed by atoms with Crippen LogP contribution in [0, 0.1) is 4.91 Å². The third kappa shape index (κ3) is 3.18. The lowest BCUT2D eigenvalue weighted by Crippen LogP contribution is -1.98. The number of allylic oxidation sites excluding steroid dienone is 3. The molecule has 1 aliphatic carbocycles. The van der Waals surface area contributed by atoms with Gasteiger partial charge in [-0.25, -0.2) is 0 Å². The molecule has 0 aromatic heterocycles. The zero-order valence-electron chi connectivity index (χ0n) is 11.3. The van der Waals surface area contributed by atoms with Crippen molar-refractivity contribution in [3.05, 3.63) is 81.5 Å². The van der Waals surface area contributed by atoms with Crippen LogP contribution in [0.1, 0.15) is 31.0 Å². The van der Waals surface area contributed by atoms with Gasteiger partial charge in [0.2, 0.25) is 0 Å². The van der Waals surface area contributed by atoms with E-state index in [1.165, 1.54) is 5.56 Å². The van der Waals surface area contributed by atoms with Crippen molar-refractivity contribution >= 4 is 0 Å². The zero-order valence-corrected chi connectivity index (χ0v) is 11.3. The molecule has 1 aromatic rings. The Labute approximate surface area is 113 Å². The van der Waals surface area contributed by atoms with E-state index in [0.29, 0.717) is 0 Å². The fourth-order valence-electron chi connectivity index (χ4n) is 2.07. The van der Waals surface area contributed by atoms with E-state index >= 15 is 0 Å². The Morgan fingerprint density at radius 2 is 2.16 bits per heavy atom. The molecule has 0 fully saturated rings. The van der Waals surface area contributed by atoms with Crippen molar-refractivity contribution in [3.8, 4) is 0 Å². The van der Waals surface area contributed by atoms with Crippen molar-refractivity contribution in [1.29, 1.82) is 0 Å². The largest absolute Gasteiger partial charge is 0.150 e. The van der Waals surface area contributed by atoms with E-state index in [1.54, 1.807) is 0 Å². The van der Waals surface area contributed by atoms with Crippen molar-refractivity contribution in [2.45, 2.75) is 26.3 Å². The number of hydrogen-bond acceptors (Lipinski definition) is 2. The Morgan fingerprint density at radius 3 is 2.89 bits per heavy atom. The van der Waals surface area contributed by atoms with E-state index in [2.05, 4.69) is 30.0 Å². The predicted octanol–water partition coefficient (Wildman–Crippen LogP) is 4.65. The zero-order chi connectivity index (χ0) is 13.7. The molecule has 0 bridgehead atoms. The summed E-state index contributed by atoms with van der Waals surface area (Å²) < 4.78 is 0. The van der Waals surface area contributed by atoms with Gasteiger partial charge in [0, 0.05) is 0 Å². The fraction of sp³-hybridized carbons (Fsp3) is 0.235. The summed E-state index contributed by atoms with van der Waals surface area (Å²) in [5, 5.41) is 3.30. The third-order valence-electron chi connectivity index (χ3n) is 3.21. The predicted molar refractivity (Wildman–Crippen MR) is 78.8 cm³/mol. The van der Waals surface area contributed by atoms with Crippen molar-refractivity contribution in [3.63, 3.8) is 0 Å². The van der Waals surface area contributed by atoms with Crippen LogP contribution in [-0.4, -0.2) is 0 Å². The lowest BCUT2D eigenvalue weighted by atomic mass is 9.96. The Hall–Kier alpha value is -2.18. The summed E-state index contributed by atoms with van der Waals surface area (Å²) in [6, 6.07) is 7.59. The maximum Gasteiger partial charge on any atom is 0.142 e. The molecule has 1 aliphatic rings. The average Bonchev–Trinajstić information content (AvgIpc) is 2.65. The van der Waals surface area contributed by atoms with E-state index in [1.807, 2.05) is 43.4 Å². The minimum Gasteiger partial charge on any atom is -0.150 e. The summed E-state index contributed by atoms with van der Waals surface area (Å²) in [5.41, 5.74) is 7.21. The first-order valence-electron chi connectivity index (χ1n) is 6.47. The Kier molecular flexibility index (Phi) is 4.27. The van der Waals surface area contributed by atoms with E-state index in [9.17, 15) is 4.91 Å². The molecule has 19 heavy (non-hydrogen) atoms. The molecule has 2 rings (SSSR count). The molecular weight excluding hydrogens is 234 g/mol. The topological polar surface area (TPSA) is 29.4 Å². The van der Waals surface area contributed by atoms with Crippen molar-refractivity contribution in [1.82, 2.24) is 0 Å². The number of hydrogen-bond donors (Lipinski definition) is 0. The first-order chi connectivity index (χ1) is 9.24. The van der Waals surface area contributed by atoms with Gasteiger partial charge in [0.15, 0.2) is 0 Å². The van der Waals surface area contributed by atoms with Gasteiger partial charge >= 0.3 is 0 Å². The minimum absolute atomic E-state index is 0.452. The highest BCUT2D eigenvalue weighted by Crippen LogP contribution is 2.28. The van der Waals surface area contributed by atoms with E-state index in [4.69, 9.17) is 0 Å². The van der Waals surface area contributed by atoms with Gasteiger partial charge in [-0.15, -0.1) is 10.6 Å². The molecule has 96 valence electrons. The number of benzene rings is 1. The van der Waals surface area contributed by atoms with Crippen LogP contribution in [0.25, 0.3) is 0 Å². The highest BCUT2D eigenvalue weighted by atomic mass is 16.3. The highest BCUT2D eigenvalue weighted by Gasteiger charge is 2.15. The molecule has 1 unspecified atom stereocenters. The lowest BCUT2D eigenvalue weighted by Gasteiger charge is -2.11. The Bertz CT molecular complexity index is 601. The van der Waals surface area contributed by atoms with Crippen molar-refractivity contribution in [2.75, 3.05) is 0 Å². The lowest BCUT2D eigenvalue weighted by molar-refractivity contribution is 0.859. The van der Waals surface area contributed by atoms with Crippen LogP contribution in [0.2, 0.25) is 0 Å². The van der Waals surface area contributed by atoms with Crippen molar-refractivity contribution < 1.29 is 0 Å². The maximum absolute atomic E-state index is 11.2. The summed E-state index contributed by atoms with van der Waals surface area (Å²) in [6.45, 7) is 4.08. The summed E-state index contributed by atoms with van der Waals surface area (Å²) >= 11 is 0. The molecule has 2 heteroatoms. The molecule has 0 spiro atoms. The van der Waals surface area contributed by atoms with Gasteiger partial charge in [0.25, 0.3) is 0 Å². The number of nitroso groups, excluding NO2 is 1. The molecule has 0 saturated carbocycles. The van der Waals surface area contributed by atoms with Crippen LogP contribution in [0.4, 0.5) is 0 Å². The SMILES string of the molecule is CCc1cccc(C(N=O)C2=CC=C=C(C)C=C2)c1. The van der Waals surface area contributed by atoms with Gasteiger partial charge < -0.3 is 0 Å². The van der Waals surface area contributed by atoms with Gasteiger partial charge in [-0.2, -0.15) is 0 Å². The van der Waals surface area contributed by atoms with Gasteiger partial charge in [-0.05, 0) is 47.8 Å². The second-order valence-electron chi connectivity index (χ2n) is 4.60. The van der Waals surface area contributed by atoms with Crippen LogP contribution in [-0.2, 0) is 6.42 Å². The molecule has 0 amide bonds. The van der Waals surface area contributed by atoms with Gasteiger partial charge in [0.05, 0.1) is 0 Å². The van der Waals surface area contributed by atoms with Crippen LogP contribution < -0.4 is 0 Å². The summed E-state index contributed by atoms with van der Waals surface area (Å²) in [6.07, 6.45) is 8.59. The minimum atomic E-state index is -0.452. The second-order valence-corrected chi connectivity index (χ2v) is 4.60. The maximum atomic E-state index is 11.2. The van der Waals surface area contributed by atoms with E-state index in [0.717, 1.165) is 23.1 Å². The van der Waals surface area contributed by atoms with E-state index in [-0.39, 0.29) is 0 Å². The van der Waals surface area contributed by atoms with Crippen LogP contribution in [0.5, 0.6) is 0 Å². The van der Waals surface area contributed by atoms with Crippen molar-refractivity contribution in [2.24, 2.45) is 5.18 Å². The van der Waals surface area contributed by atoms with Crippen LogP contribution in [0.15, 0.2) is 70.6 Å². The molecule has 0 saturated heterocycles. The molecule has 1 atom stereocenters. The van der Waals surface area contributed by atoms with Crippen LogP contribution in [0.3, 0.4) is 0 Å². The smallest absolute Gasteiger partial charge is 0.142 e. The first kappa shape index (κ1) is 13.3. The molecule has 0 N–H and O–H groups in total. The summed E-state index contributed by atoms with van der Waals surface area (Å²) in [7, 11) is 0. The highest BCUT2D eigenvalue weighted by molar-refractivity contribution is 5.41. The number of rotatable bonds is 4. The second kappa shape index (κ2) is 6.12. The van der Waals surface area contributed by atoms with Gasteiger partial charge in [-0.1, -0.05) is 48.5 Å². The first-order valence-corrected chi connectivity index (χ1v) is 6.47. The van der Waals surface area contributed by atoms with Crippen LogP contribution >= 0.6 is 0 Å². The summed E-state index contributed by atoms with van der Waals surface area (Å²) in [5.74, 6) is 0. The molecule has 0 heterocycles. The third-order valence-corrected chi connectivity index (χ3v) is 3.21. The Morgan fingerprint density at radius 1 is 1.32 bits per heavy atom. The molecule has 0 radical (unpaired) electrons. The Balaban J connectivity index is 2.35. The number of nitrogens with zero attached hydrogens (tertiary/aromatic N) is 1. The summed E-state index contributed by atoms with van der Waals surface area (Å²) in [4.78, 5) is 11.2. The molecular formula is C17H17NO. The van der Waals surface area contributed by atoms with Gasteiger partial charge in [0.1, 0.15) is 6.04 Å².